The monoisotopic (exact) mass is 217 g/mol. The topological polar surface area (TPSA) is 54.8 Å². The molecule has 0 aliphatic rings. The molecule has 2 aromatic heterocycles. The quantitative estimate of drug-likeness (QED) is 0.814. The highest BCUT2D eigenvalue weighted by Gasteiger charge is 1.98. The molecule has 0 aliphatic carbocycles. The number of nitrogens with zero attached hydrogens (tertiary/aromatic N) is 3. The molecule has 0 spiro atoms. The summed E-state index contributed by atoms with van der Waals surface area (Å²) < 4.78 is 1.79. The van der Waals surface area contributed by atoms with E-state index in [0.717, 1.165) is 17.3 Å². The van der Waals surface area contributed by atoms with Crippen molar-refractivity contribution >= 4 is 11.6 Å². The Morgan fingerprint density at radius 2 is 2.06 bits per heavy atom. The summed E-state index contributed by atoms with van der Waals surface area (Å²) in [7, 11) is 3.76. The molecular formula is C11H15N5. The molecule has 16 heavy (non-hydrogen) atoms. The molecule has 2 aromatic rings. The molecule has 84 valence electrons. The molecule has 0 unspecified atom stereocenters. The van der Waals surface area contributed by atoms with Gasteiger partial charge in [0.25, 0.3) is 0 Å². The molecule has 0 saturated carbocycles. The lowest BCUT2D eigenvalue weighted by molar-refractivity contribution is 0.747. The Bertz CT molecular complexity index is 463. The minimum atomic E-state index is 0.682. The van der Waals surface area contributed by atoms with E-state index in [9.17, 15) is 0 Å². The van der Waals surface area contributed by atoms with Crippen LogP contribution in [-0.2, 0) is 13.6 Å². The van der Waals surface area contributed by atoms with Gasteiger partial charge in [-0.05, 0) is 18.2 Å². The van der Waals surface area contributed by atoms with E-state index in [2.05, 4.69) is 20.7 Å². The van der Waals surface area contributed by atoms with Crippen molar-refractivity contribution in [2.24, 2.45) is 7.05 Å². The number of hydrogen-bond donors (Lipinski definition) is 2. The number of hydrogen-bond acceptors (Lipinski definition) is 4. The highest BCUT2D eigenvalue weighted by Crippen LogP contribution is 2.09. The molecule has 0 radical (unpaired) electrons. The van der Waals surface area contributed by atoms with E-state index in [4.69, 9.17) is 0 Å². The van der Waals surface area contributed by atoms with Crippen LogP contribution >= 0.6 is 0 Å². The maximum atomic E-state index is 4.36. The molecule has 2 N–H and O–H groups in total. The summed E-state index contributed by atoms with van der Waals surface area (Å²) in [6.45, 7) is 0.682. The number of rotatable bonds is 4. The SMILES string of the molecule is CNc1cccc(NCc2ccn(C)n2)n1. The largest absolute Gasteiger partial charge is 0.373 e. The first kappa shape index (κ1) is 10.5. The van der Waals surface area contributed by atoms with Gasteiger partial charge in [0.15, 0.2) is 0 Å². The molecule has 0 aromatic carbocycles. The third kappa shape index (κ3) is 2.50. The van der Waals surface area contributed by atoms with Crippen molar-refractivity contribution < 1.29 is 0 Å². The van der Waals surface area contributed by atoms with Gasteiger partial charge in [0.1, 0.15) is 11.6 Å². The van der Waals surface area contributed by atoms with Crippen molar-refractivity contribution in [3.05, 3.63) is 36.2 Å². The van der Waals surface area contributed by atoms with Crippen LogP contribution < -0.4 is 10.6 Å². The van der Waals surface area contributed by atoms with Gasteiger partial charge < -0.3 is 10.6 Å². The minimum Gasteiger partial charge on any atom is -0.373 e. The average Bonchev–Trinajstić information content (AvgIpc) is 2.73. The summed E-state index contributed by atoms with van der Waals surface area (Å²) in [5, 5.41) is 10.5. The summed E-state index contributed by atoms with van der Waals surface area (Å²) in [5.41, 5.74) is 0.999. The van der Waals surface area contributed by atoms with Crippen LogP contribution in [0.15, 0.2) is 30.5 Å². The molecule has 0 bridgehead atoms. The van der Waals surface area contributed by atoms with Gasteiger partial charge in [-0.25, -0.2) is 4.98 Å². The number of aryl methyl sites for hydroxylation is 1. The fraction of sp³-hybridized carbons (Fsp3) is 0.273. The Hall–Kier alpha value is -2.04. The smallest absolute Gasteiger partial charge is 0.128 e. The van der Waals surface area contributed by atoms with E-state index in [1.165, 1.54) is 0 Å². The molecule has 0 amide bonds. The van der Waals surface area contributed by atoms with Crippen LogP contribution in [0.3, 0.4) is 0 Å². The lowest BCUT2D eigenvalue weighted by Crippen LogP contribution is -2.03. The van der Waals surface area contributed by atoms with Crippen molar-refractivity contribution in [3.8, 4) is 0 Å². The predicted octanol–water partition coefficient (Wildman–Crippen LogP) is 1.47. The first-order chi connectivity index (χ1) is 7.78. The maximum absolute atomic E-state index is 4.36. The molecule has 0 fully saturated rings. The summed E-state index contributed by atoms with van der Waals surface area (Å²) in [6, 6.07) is 7.80. The second-order valence-corrected chi connectivity index (χ2v) is 3.49. The standard InChI is InChI=1S/C11H15N5/c1-12-10-4-3-5-11(14-10)13-8-9-6-7-16(2)15-9/h3-7H,8H2,1-2H3,(H2,12,13,14). The summed E-state index contributed by atoms with van der Waals surface area (Å²) >= 11 is 0. The first-order valence-corrected chi connectivity index (χ1v) is 5.15. The molecule has 5 nitrogen and oxygen atoms in total. The van der Waals surface area contributed by atoms with E-state index in [-0.39, 0.29) is 0 Å². The van der Waals surface area contributed by atoms with Crippen molar-refractivity contribution in [3.63, 3.8) is 0 Å². The second-order valence-electron chi connectivity index (χ2n) is 3.49. The molecule has 5 heteroatoms. The lowest BCUT2D eigenvalue weighted by Gasteiger charge is -2.05. The zero-order chi connectivity index (χ0) is 11.4. The van der Waals surface area contributed by atoms with Crippen molar-refractivity contribution in [1.29, 1.82) is 0 Å². The molecule has 0 atom stereocenters. The van der Waals surface area contributed by atoms with Crippen LogP contribution in [-0.4, -0.2) is 21.8 Å². The van der Waals surface area contributed by atoms with Gasteiger partial charge in [0.2, 0.25) is 0 Å². The van der Waals surface area contributed by atoms with Gasteiger partial charge >= 0.3 is 0 Å². The van der Waals surface area contributed by atoms with Crippen LogP contribution in [0.4, 0.5) is 11.6 Å². The number of pyridine rings is 1. The van der Waals surface area contributed by atoms with Crippen LogP contribution in [0.2, 0.25) is 0 Å². The predicted molar refractivity (Wildman–Crippen MR) is 64.3 cm³/mol. The fourth-order valence-corrected chi connectivity index (χ4v) is 1.41. The van der Waals surface area contributed by atoms with Gasteiger partial charge in [-0.3, -0.25) is 4.68 Å². The number of anilines is 2. The fourth-order valence-electron chi connectivity index (χ4n) is 1.41. The van der Waals surface area contributed by atoms with Gasteiger partial charge in [-0.15, -0.1) is 0 Å². The van der Waals surface area contributed by atoms with Crippen LogP contribution in [0.25, 0.3) is 0 Å². The van der Waals surface area contributed by atoms with Gasteiger partial charge in [-0.2, -0.15) is 5.10 Å². The minimum absolute atomic E-state index is 0.682. The summed E-state index contributed by atoms with van der Waals surface area (Å²) in [4.78, 5) is 4.36. The Morgan fingerprint density at radius 3 is 2.75 bits per heavy atom. The third-order valence-electron chi connectivity index (χ3n) is 2.22. The van der Waals surface area contributed by atoms with Crippen LogP contribution in [0, 0.1) is 0 Å². The number of aromatic nitrogens is 3. The third-order valence-corrected chi connectivity index (χ3v) is 2.22. The number of nitrogens with one attached hydrogen (secondary N) is 2. The first-order valence-electron chi connectivity index (χ1n) is 5.15. The molecule has 0 saturated heterocycles. The zero-order valence-electron chi connectivity index (χ0n) is 9.44. The Kier molecular flexibility index (Phi) is 3.05. The zero-order valence-corrected chi connectivity index (χ0v) is 9.44. The van der Waals surface area contributed by atoms with Crippen molar-refractivity contribution in [2.75, 3.05) is 17.7 Å². The van der Waals surface area contributed by atoms with Gasteiger partial charge in [0, 0.05) is 20.3 Å². The average molecular weight is 217 g/mol. The normalized spacial score (nSPS) is 10.1. The van der Waals surface area contributed by atoms with E-state index < -0.39 is 0 Å². The summed E-state index contributed by atoms with van der Waals surface area (Å²) in [5.74, 6) is 1.70. The highest BCUT2D eigenvalue weighted by atomic mass is 15.3. The molecular weight excluding hydrogens is 202 g/mol. The highest BCUT2D eigenvalue weighted by molar-refractivity contribution is 5.44. The van der Waals surface area contributed by atoms with Crippen LogP contribution in [0.1, 0.15) is 5.69 Å². The van der Waals surface area contributed by atoms with Gasteiger partial charge in [0.05, 0.1) is 12.2 Å². The van der Waals surface area contributed by atoms with E-state index in [1.54, 1.807) is 4.68 Å². The van der Waals surface area contributed by atoms with Crippen molar-refractivity contribution in [2.45, 2.75) is 6.54 Å². The Morgan fingerprint density at radius 1 is 1.25 bits per heavy atom. The van der Waals surface area contributed by atoms with E-state index >= 15 is 0 Å². The van der Waals surface area contributed by atoms with Gasteiger partial charge in [-0.1, -0.05) is 6.07 Å². The summed E-state index contributed by atoms with van der Waals surface area (Å²) in [6.07, 6.45) is 1.93. The lowest BCUT2D eigenvalue weighted by atomic mass is 10.4. The second kappa shape index (κ2) is 4.65. The van der Waals surface area contributed by atoms with E-state index in [0.29, 0.717) is 6.54 Å². The Labute approximate surface area is 94.5 Å². The Balaban J connectivity index is 1.99. The van der Waals surface area contributed by atoms with E-state index in [1.807, 2.05) is 44.6 Å². The molecule has 0 aliphatic heterocycles. The molecule has 2 heterocycles. The van der Waals surface area contributed by atoms with Crippen LogP contribution in [0.5, 0.6) is 0 Å². The van der Waals surface area contributed by atoms with Crippen molar-refractivity contribution in [1.82, 2.24) is 14.8 Å². The molecule has 2 rings (SSSR count). The maximum Gasteiger partial charge on any atom is 0.128 e.